The zero-order chi connectivity index (χ0) is 12.6. The highest BCUT2D eigenvalue weighted by Gasteiger charge is 2.13. The summed E-state index contributed by atoms with van der Waals surface area (Å²) in [5.41, 5.74) is 0.853. The van der Waals surface area contributed by atoms with Crippen LogP contribution in [-0.4, -0.2) is 16.6 Å². The SMILES string of the molecule is CNc1nc(C)cn1-c1cc(F)c(F)c(F)c1. The third kappa shape index (κ3) is 1.98. The fourth-order valence-corrected chi connectivity index (χ4v) is 1.55. The van der Waals surface area contributed by atoms with Crippen LogP contribution in [0.3, 0.4) is 0 Å². The Hall–Kier alpha value is -1.98. The first kappa shape index (κ1) is 11.5. The van der Waals surface area contributed by atoms with Gasteiger partial charge in [-0.05, 0) is 6.92 Å². The minimum absolute atomic E-state index is 0.173. The van der Waals surface area contributed by atoms with E-state index < -0.39 is 17.5 Å². The zero-order valence-corrected chi connectivity index (χ0v) is 9.26. The van der Waals surface area contributed by atoms with Gasteiger partial charge in [0.15, 0.2) is 17.5 Å². The maximum absolute atomic E-state index is 13.1. The molecule has 0 atom stereocenters. The van der Waals surface area contributed by atoms with Gasteiger partial charge >= 0.3 is 0 Å². The molecule has 3 nitrogen and oxygen atoms in total. The molecular weight excluding hydrogens is 231 g/mol. The van der Waals surface area contributed by atoms with Crippen molar-refractivity contribution in [3.05, 3.63) is 41.5 Å². The van der Waals surface area contributed by atoms with Gasteiger partial charge in [0.25, 0.3) is 0 Å². The lowest BCUT2D eigenvalue weighted by Gasteiger charge is -2.07. The van der Waals surface area contributed by atoms with E-state index in [2.05, 4.69) is 10.3 Å². The molecule has 2 aromatic rings. The van der Waals surface area contributed by atoms with Crippen LogP contribution in [-0.2, 0) is 0 Å². The van der Waals surface area contributed by atoms with Crippen LogP contribution < -0.4 is 5.32 Å². The molecule has 1 N–H and O–H groups in total. The summed E-state index contributed by atoms with van der Waals surface area (Å²) in [6.07, 6.45) is 1.60. The molecule has 1 aromatic heterocycles. The number of rotatable bonds is 2. The molecule has 0 unspecified atom stereocenters. The molecule has 6 heteroatoms. The van der Waals surface area contributed by atoms with Crippen molar-refractivity contribution in [2.75, 3.05) is 12.4 Å². The van der Waals surface area contributed by atoms with Crippen LogP contribution in [0, 0.1) is 24.4 Å². The highest BCUT2D eigenvalue weighted by atomic mass is 19.2. The van der Waals surface area contributed by atoms with E-state index in [1.54, 1.807) is 20.2 Å². The van der Waals surface area contributed by atoms with E-state index in [4.69, 9.17) is 0 Å². The predicted octanol–water partition coefficient (Wildman–Crippen LogP) is 2.64. The summed E-state index contributed by atoms with van der Waals surface area (Å²) < 4.78 is 40.5. The number of imidazole rings is 1. The number of aryl methyl sites for hydroxylation is 1. The molecule has 1 heterocycles. The molecular formula is C11H10F3N3. The third-order valence-electron chi connectivity index (χ3n) is 2.30. The quantitative estimate of drug-likeness (QED) is 0.819. The molecule has 0 aliphatic heterocycles. The van der Waals surface area contributed by atoms with E-state index in [0.717, 1.165) is 12.1 Å². The predicted molar refractivity (Wildman–Crippen MR) is 57.7 cm³/mol. The second-order valence-corrected chi connectivity index (χ2v) is 3.55. The van der Waals surface area contributed by atoms with Gasteiger partial charge in [-0.15, -0.1) is 0 Å². The van der Waals surface area contributed by atoms with Gasteiger partial charge in [0, 0.05) is 25.4 Å². The van der Waals surface area contributed by atoms with Crippen molar-refractivity contribution < 1.29 is 13.2 Å². The Labute approximate surface area is 95.9 Å². The van der Waals surface area contributed by atoms with Crippen molar-refractivity contribution in [2.24, 2.45) is 0 Å². The maximum Gasteiger partial charge on any atom is 0.207 e. The van der Waals surface area contributed by atoms with Crippen LogP contribution >= 0.6 is 0 Å². The Morgan fingerprint density at radius 2 is 1.76 bits per heavy atom. The first-order chi connectivity index (χ1) is 8.02. The largest absolute Gasteiger partial charge is 0.358 e. The topological polar surface area (TPSA) is 29.9 Å². The molecule has 0 aliphatic rings. The van der Waals surface area contributed by atoms with Gasteiger partial charge in [-0.1, -0.05) is 0 Å². The standard InChI is InChI=1S/C11H10F3N3/c1-6-5-17(11(15-2)16-6)7-3-8(12)10(14)9(13)4-7/h3-5H,1-2H3,(H,15,16). The number of nitrogens with one attached hydrogen (secondary N) is 1. The number of hydrogen-bond donors (Lipinski definition) is 1. The average molecular weight is 241 g/mol. The van der Waals surface area contributed by atoms with E-state index in [-0.39, 0.29) is 5.69 Å². The molecule has 90 valence electrons. The average Bonchev–Trinajstić information content (AvgIpc) is 2.66. The van der Waals surface area contributed by atoms with E-state index in [1.807, 2.05) is 0 Å². The van der Waals surface area contributed by atoms with Crippen molar-refractivity contribution in [2.45, 2.75) is 6.92 Å². The third-order valence-corrected chi connectivity index (χ3v) is 2.30. The maximum atomic E-state index is 13.1. The van der Waals surface area contributed by atoms with Crippen molar-refractivity contribution in [1.82, 2.24) is 9.55 Å². The highest BCUT2D eigenvalue weighted by Crippen LogP contribution is 2.20. The van der Waals surface area contributed by atoms with E-state index in [9.17, 15) is 13.2 Å². The Kier molecular flexibility index (Phi) is 2.79. The second-order valence-electron chi connectivity index (χ2n) is 3.55. The Morgan fingerprint density at radius 1 is 1.18 bits per heavy atom. The van der Waals surface area contributed by atoms with Crippen LogP contribution in [0.25, 0.3) is 5.69 Å². The van der Waals surface area contributed by atoms with Crippen molar-refractivity contribution >= 4 is 5.95 Å². The Bertz CT molecular complexity index is 540. The first-order valence-corrected chi connectivity index (χ1v) is 4.91. The normalized spacial score (nSPS) is 10.6. The zero-order valence-electron chi connectivity index (χ0n) is 9.26. The van der Waals surface area contributed by atoms with E-state index in [0.29, 0.717) is 11.6 Å². The lowest BCUT2D eigenvalue weighted by Crippen LogP contribution is -2.03. The number of halogens is 3. The number of hydrogen-bond acceptors (Lipinski definition) is 2. The molecule has 1 aromatic carbocycles. The molecule has 0 saturated heterocycles. The van der Waals surface area contributed by atoms with Crippen LogP contribution in [0.5, 0.6) is 0 Å². The molecule has 0 bridgehead atoms. The Morgan fingerprint density at radius 3 is 2.29 bits per heavy atom. The summed E-state index contributed by atoms with van der Waals surface area (Å²) in [6.45, 7) is 1.74. The Balaban J connectivity index is 2.60. The molecule has 0 saturated carbocycles. The van der Waals surface area contributed by atoms with Gasteiger partial charge in [-0.3, -0.25) is 4.57 Å². The van der Waals surface area contributed by atoms with Crippen LogP contribution in [0.2, 0.25) is 0 Å². The van der Waals surface area contributed by atoms with Gasteiger partial charge in [0.1, 0.15) is 0 Å². The van der Waals surface area contributed by atoms with Crippen LogP contribution in [0.1, 0.15) is 5.69 Å². The van der Waals surface area contributed by atoms with Gasteiger partial charge in [-0.2, -0.15) is 0 Å². The first-order valence-electron chi connectivity index (χ1n) is 4.91. The smallest absolute Gasteiger partial charge is 0.207 e. The summed E-state index contributed by atoms with van der Waals surface area (Å²) in [7, 11) is 1.63. The van der Waals surface area contributed by atoms with Crippen molar-refractivity contribution in [3.63, 3.8) is 0 Å². The monoisotopic (exact) mass is 241 g/mol. The number of anilines is 1. The van der Waals surface area contributed by atoms with Crippen molar-refractivity contribution in [3.8, 4) is 5.69 Å². The summed E-state index contributed by atoms with van der Waals surface area (Å²) in [5, 5.41) is 2.78. The molecule has 0 fully saturated rings. The van der Waals surface area contributed by atoms with Gasteiger partial charge in [-0.25, -0.2) is 18.2 Å². The lowest BCUT2D eigenvalue weighted by molar-refractivity contribution is 0.446. The molecule has 0 spiro atoms. The number of nitrogens with zero attached hydrogens (tertiary/aromatic N) is 2. The van der Waals surface area contributed by atoms with Gasteiger partial charge < -0.3 is 5.32 Å². The van der Waals surface area contributed by atoms with E-state index in [1.165, 1.54) is 4.57 Å². The summed E-state index contributed by atoms with van der Waals surface area (Å²) in [6, 6.07) is 1.83. The molecule has 2 rings (SSSR count). The molecule has 0 radical (unpaired) electrons. The summed E-state index contributed by atoms with van der Waals surface area (Å²) in [5.74, 6) is -3.51. The fraction of sp³-hybridized carbons (Fsp3) is 0.182. The van der Waals surface area contributed by atoms with Crippen molar-refractivity contribution in [1.29, 1.82) is 0 Å². The summed E-state index contributed by atoms with van der Waals surface area (Å²) >= 11 is 0. The van der Waals surface area contributed by atoms with Crippen LogP contribution in [0.15, 0.2) is 18.3 Å². The molecule has 0 aliphatic carbocycles. The summed E-state index contributed by atoms with van der Waals surface area (Å²) in [4.78, 5) is 4.10. The molecule has 0 amide bonds. The lowest BCUT2D eigenvalue weighted by atomic mass is 10.3. The fourth-order valence-electron chi connectivity index (χ4n) is 1.55. The van der Waals surface area contributed by atoms with E-state index >= 15 is 0 Å². The second kappa shape index (κ2) is 4.12. The molecule has 17 heavy (non-hydrogen) atoms. The van der Waals surface area contributed by atoms with Crippen LogP contribution in [0.4, 0.5) is 19.1 Å². The number of benzene rings is 1. The highest BCUT2D eigenvalue weighted by molar-refractivity contribution is 5.43. The minimum Gasteiger partial charge on any atom is -0.358 e. The minimum atomic E-state index is -1.48. The van der Waals surface area contributed by atoms with Gasteiger partial charge in [0.05, 0.1) is 11.4 Å². The number of aromatic nitrogens is 2. The van der Waals surface area contributed by atoms with Gasteiger partial charge in [0.2, 0.25) is 5.95 Å².